The number of carbonyl (C=O) groups excluding carboxylic acids is 1. The number of amides is 2. The summed E-state index contributed by atoms with van der Waals surface area (Å²) in [4.78, 5) is 28.7. The van der Waals surface area contributed by atoms with Gasteiger partial charge in [-0.25, -0.2) is 9.59 Å². The number of aliphatic carboxylic acids is 1. The van der Waals surface area contributed by atoms with Crippen molar-refractivity contribution < 1.29 is 19.4 Å². The van der Waals surface area contributed by atoms with E-state index in [1.807, 2.05) is 18.9 Å². The van der Waals surface area contributed by atoms with Crippen LogP contribution in [0.3, 0.4) is 0 Å². The average Bonchev–Trinajstić information content (AvgIpc) is 2.41. The zero-order chi connectivity index (χ0) is 15.6. The average molecular weight is 299 g/mol. The molecule has 2 amide bonds. The fourth-order valence-electron chi connectivity index (χ4n) is 2.99. The van der Waals surface area contributed by atoms with E-state index in [0.717, 1.165) is 25.9 Å². The summed E-state index contributed by atoms with van der Waals surface area (Å²) < 4.78 is 5.33. The summed E-state index contributed by atoms with van der Waals surface area (Å²) in [5, 5.41) is 8.63. The summed E-state index contributed by atoms with van der Waals surface area (Å²) in [6.45, 7) is 4.47. The fourth-order valence-corrected chi connectivity index (χ4v) is 2.99. The van der Waals surface area contributed by atoms with E-state index in [0.29, 0.717) is 19.1 Å². The van der Waals surface area contributed by atoms with Gasteiger partial charge >= 0.3 is 12.0 Å². The van der Waals surface area contributed by atoms with E-state index in [1.54, 1.807) is 4.90 Å². The number of carboxylic acid groups (broad SMARTS) is 1. The molecule has 21 heavy (non-hydrogen) atoms. The number of nitrogens with zero attached hydrogens (tertiary/aromatic N) is 3. The normalized spacial score (nSPS) is 22.7. The molecule has 2 rings (SSSR count). The lowest BCUT2D eigenvalue weighted by atomic mass is 9.96. The molecular formula is C14H25N3O4. The van der Waals surface area contributed by atoms with Crippen LogP contribution < -0.4 is 0 Å². The van der Waals surface area contributed by atoms with Crippen molar-refractivity contribution in [2.45, 2.75) is 31.4 Å². The van der Waals surface area contributed by atoms with Gasteiger partial charge in [-0.15, -0.1) is 0 Å². The first-order valence-corrected chi connectivity index (χ1v) is 7.37. The molecule has 7 nitrogen and oxygen atoms in total. The van der Waals surface area contributed by atoms with Crippen LogP contribution in [0.4, 0.5) is 4.79 Å². The molecule has 0 saturated carbocycles. The predicted molar refractivity (Wildman–Crippen MR) is 77.2 cm³/mol. The summed E-state index contributed by atoms with van der Waals surface area (Å²) in [5.41, 5.74) is -0.526. The second-order valence-corrected chi connectivity index (χ2v) is 6.42. The first kappa shape index (κ1) is 16.0. The Morgan fingerprint density at radius 1 is 1.33 bits per heavy atom. The van der Waals surface area contributed by atoms with Crippen LogP contribution >= 0.6 is 0 Å². The van der Waals surface area contributed by atoms with Crippen molar-refractivity contribution in [2.24, 2.45) is 0 Å². The Morgan fingerprint density at radius 2 is 1.90 bits per heavy atom. The second kappa shape index (κ2) is 6.19. The van der Waals surface area contributed by atoms with Gasteiger partial charge < -0.3 is 24.5 Å². The number of carboxylic acids is 1. The number of hydrogen-bond acceptors (Lipinski definition) is 4. The SMILES string of the molecule is CN1CCC(N(C)C(=O)N2CC(C)(OCC(=O)O)C2)CC1. The minimum atomic E-state index is -0.982. The van der Waals surface area contributed by atoms with Crippen LogP contribution in [-0.4, -0.2) is 90.3 Å². The highest BCUT2D eigenvalue weighted by Gasteiger charge is 2.44. The van der Waals surface area contributed by atoms with Crippen molar-refractivity contribution in [3.8, 4) is 0 Å². The zero-order valence-electron chi connectivity index (χ0n) is 13.0. The van der Waals surface area contributed by atoms with E-state index in [4.69, 9.17) is 9.84 Å². The van der Waals surface area contributed by atoms with Gasteiger partial charge in [0.25, 0.3) is 0 Å². The van der Waals surface area contributed by atoms with E-state index < -0.39 is 11.6 Å². The summed E-state index contributed by atoms with van der Waals surface area (Å²) in [6.07, 6.45) is 2.00. The van der Waals surface area contributed by atoms with Crippen molar-refractivity contribution in [3.05, 3.63) is 0 Å². The van der Waals surface area contributed by atoms with Crippen molar-refractivity contribution in [3.63, 3.8) is 0 Å². The number of hydrogen-bond donors (Lipinski definition) is 1. The molecule has 2 aliphatic heterocycles. The Morgan fingerprint density at radius 3 is 2.43 bits per heavy atom. The molecular weight excluding hydrogens is 274 g/mol. The molecule has 0 radical (unpaired) electrons. The predicted octanol–water partition coefficient (Wildman–Crippen LogP) is 0.308. The number of rotatable bonds is 4. The Balaban J connectivity index is 1.78. The maximum Gasteiger partial charge on any atom is 0.329 e. The largest absolute Gasteiger partial charge is 0.480 e. The highest BCUT2D eigenvalue weighted by atomic mass is 16.5. The smallest absolute Gasteiger partial charge is 0.329 e. The molecule has 120 valence electrons. The lowest BCUT2D eigenvalue weighted by Crippen LogP contribution is -2.66. The van der Waals surface area contributed by atoms with Gasteiger partial charge in [-0.3, -0.25) is 0 Å². The highest BCUT2D eigenvalue weighted by molar-refractivity contribution is 5.76. The van der Waals surface area contributed by atoms with Crippen LogP contribution in [0, 0.1) is 0 Å². The third-order valence-electron chi connectivity index (χ3n) is 4.40. The topological polar surface area (TPSA) is 73.3 Å². The monoisotopic (exact) mass is 299 g/mol. The standard InChI is InChI=1S/C14H25N3O4/c1-14(21-8-12(18)19)9-17(10-14)13(20)16(3)11-4-6-15(2)7-5-11/h11H,4-10H2,1-3H3,(H,18,19). The molecule has 0 atom stereocenters. The molecule has 0 aromatic heterocycles. The number of urea groups is 1. The van der Waals surface area contributed by atoms with E-state index in [-0.39, 0.29) is 12.6 Å². The molecule has 0 unspecified atom stereocenters. The second-order valence-electron chi connectivity index (χ2n) is 6.42. The van der Waals surface area contributed by atoms with Crippen LogP contribution in [0.2, 0.25) is 0 Å². The van der Waals surface area contributed by atoms with Gasteiger partial charge in [-0.2, -0.15) is 0 Å². The van der Waals surface area contributed by atoms with Crippen LogP contribution in [0.25, 0.3) is 0 Å². The first-order chi connectivity index (χ1) is 9.81. The third kappa shape index (κ3) is 3.85. The van der Waals surface area contributed by atoms with Crippen LogP contribution in [-0.2, 0) is 9.53 Å². The quantitative estimate of drug-likeness (QED) is 0.808. The van der Waals surface area contributed by atoms with Crippen LogP contribution in [0.15, 0.2) is 0 Å². The lowest BCUT2D eigenvalue weighted by Gasteiger charge is -2.49. The van der Waals surface area contributed by atoms with Gasteiger partial charge in [0.1, 0.15) is 12.2 Å². The van der Waals surface area contributed by atoms with E-state index in [9.17, 15) is 9.59 Å². The van der Waals surface area contributed by atoms with Gasteiger partial charge in [0.2, 0.25) is 0 Å². The minimum absolute atomic E-state index is 0.0148. The molecule has 0 aliphatic carbocycles. The van der Waals surface area contributed by atoms with Gasteiger partial charge in [-0.05, 0) is 39.9 Å². The summed E-state index contributed by atoms with van der Waals surface area (Å²) in [6, 6.07) is 0.307. The maximum absolute atomic E-state index is 12.4. The molecule has 2 saturated heterocycles. The Hall–Kier alpha value is -1.34. The molecule has 1 N–H and O–H groups in total. The molecule has 0 spiro atoms. The lowest BCUT2D eigenvalue weighted by molar-refractivity contribution is -0.160. The number of piperidine rings is 1. The van der Waals surface area contributed by atoms with E-state index in [2.05, 4.69) is 11.9 Å². The first-order valence-electron chi connectivity index (χ1n) is 7.37. The molecule has 0 aromatic rings. The van der Waals surface area contributed by atoms with Crippen LogP contribution in [0.1, 0.15) is 19.8 Å². The number of carbonyl (C=O) groups is 2. The molecule has 2 aliphatic rings. The Bertz CT molecular complexity index is 401. The molecule has 2 fully saturated rings. The van der Waals surface area contributed by atoms with Crippen molar-refractivity contribution in [1.29, 1.82) is 0 Å². The number of ether oxygens (including phenoxy) is 1. The van der Waals surface area contributed by atoms with Gasteiger partial charge in [0.15, 0.2) is 0 Å². The van der Waals surface area contributed by atoms with Crippen molar-refractivity contribution in [2.75, 3.05) is 46.9 Å². The minimum Gasteiger partial charge on any atom is -0.480 e. The van der Waals surface area contributed by atoms with Crippen LogP contribution in [0.5, 0.6) is 0 Å². The molecule has 2 heterocycles. The summed E-state index contributed by atoms with van der Waals surface area (Å²) in [5.74, 6) is -0.982. The van der Waals surface area contributed by atoms with Crippen molar-refractivity contribution in [1.82, 2.24) is 14.7 Å². The Labute approximate surface area is 125 Å². The summed E-state index contributed by atoms with van der Waals surface area (Å²) in [7, 11) is 3.95. The van der Waals surface area contributed by atoms with Gasteiger partial charge in [-0.1, -0.05) is 0 Å². The number of likely N-dealkylation sites (tertiary alicyclic amines) is 2. The summed E-state index contributed by atoms with van der Waals surface area (Å²) >= 11 is 0. The van der Waals surface area contributed by atoms with Gasteiger partial charge in [0, 0.05) is 13.1 Å². The van der Waals surface area contributed by atoms with Gasteiger partial charge in [0.05, 0.1) is 13.1 Å². The molecule has 7 heteroatoms. The third-order valence-corrected chi connectivity index (χ3v) is 4.40. The fraction of sp³-hybridized carbons (Fsp3) is 0.857. The Kier molecular flexibility index (Phi) is 4.73. The highest BCUT2D eigenvalue weighted by Crippen LogP contribution is 2.27. The van der Waals surface area contributed by atoms with E-state index >= 15 is 0 Å². The maximum atomic E-state index is 12.4. The van der Waals surface area contributed by atoms with E-state index in [1.165, 1.54) is 0 Å². The molecule has 0 bridgehead atoms. The van der Waals surface area contributed by atoms with Crippen molar-refractivity contribution >= 4 is 12.0 Å². The molecule has 0 aromatic carbocycles. The zero-order valence-corrected chi connectivity index (χ0v) is 13.0.